The minimum Gasteiger partial charge on any atom is -0.497 e. The summed E-state index contributed by atoms with van der Waals surface area (Å²) >= 11 is 0. The van der Waals surface area contributed by atoms with Gasteiger partial charge in [0.15, 0.2) is 0 Å². The molecule has 1 N–H and O–H groups in total. The summed E-state index contributed by atoms with van der Waals surface area (Å²) in [5.41, 5.74) is 5.66. The fourth-order valence-corrected chi connectivity index (χ4v) is 4.78. The second-order valence-electron chi connectivity index (χ2n) is 8.71. The monoisotopic (exact) mass is 446 g/mol. The van der Waals surface area contributed by atoms with Crippen molar-refractivity contribution in [3.8, 4) is 17.0 Å². The summed E-state index contributed by atoms with van der Waals surface area (Å²) in [5.74, 6) is 0.812. The number of aromatic nitrogens is 2. The Morgan fingerprint density at radius 3 is 2.48 bits per heavy atom. The SMILES string of the molecule is COc1ccc(C2c3c(-c4ccc(C)cc4)n[nH]c3C(=O)N2CCCN2CCOCC2)cc1. The number of ether oxygens (including phenoxy) is 2. The van der Waals surface area contributed by atoms with Gasteiger partial charge in [0.25, 0.3) is 5.91 Å². The summed E-state index contributed by atoms with van der Waals surface area (Å²) in [6, 6.07) is 16.1. The van der Waals surface area contributed by atoms with E-state index >= 15 is 0 Å². The molecule has 2 aliphatic heterocycles. The number of methoxy groups -OCH3 is 1. The van der Waals surface area contributed by atoms with E-state index in [2.05, 4.69) is 46.3 Å². The Morgan fingerprint density at radius 2 is 1.79 bits per heavy atom. The summed E-state index contributed by atoms with van der Waals surface area (Å²) in [5, 5.41) is 7.61. The van der Waals surface area contributed by atoms with Gasteiger partial charge in [-0.3, -0.25) is 14.8 Å². The highest BCUT2D eigenvalue weighted by Gasteiger charge is 2.41. The van der Waals surface area contributed by atoms with Crippen LogP contribution in [-0.2, 0) is 4.74 Å². The van der Waals surface area contributed by atoms with Gasteiger partial charge in [0.2, 0.25) is 0 Å². The number of amides is 1. The standard InChI is InChI=1S/C26H30N4O3/c1-18-4-6-19(7-5-18)23-22-24(28-27-23)26(31)30(13-3-12-29-14-16-33-17-15-29)25(22)20-8-10-21(32-2)11-9-20/h4-11,25H,3,12-17H2,1-2H3,(H,27,28). The normalized spacial score (nSPS) is 18.5. The average Bonchev–Trinajstić information content (AvgIpc) is 3.40. The second kappa shape index (κ2) is 9.37. The first-order valence-electron chi connectivity index (χ1n) is 11.6. The van der Waals surface area contributed by atoms with Crippen molar-refractivity contribution in [2.75, 3.05) is 46.5 Å². The third-order valence-corrected chi connectivity index (χ3v) is 6.60. The van der Waals surface area contributed by atoms with E-state index in [-0.39, 0.29) is 11.9 Å². The van der Waals surface area contributed by atoms with E-state index in [1.54, 1.807) is 7.11 Å². The van der Waals surface area contributed by atoms with Gasteiger partial charge < -0.3 is 14.4 Å². The van der Waals surface area contributed by atoms with Crippen LogP contribution >= 0.6 is 0 Å². The van der Waals surface area contributed by atoms with E-state index in [1.165, 1.54) is 5.56 Å². The molecule has 3 aromatic rings. The van der Waals surface area contributed by atoms with Crippen LogP contribution in [-0.4, -0.2) is 72.4 Å². The zero-order valence-corrected chi connectivity index (χ0v) is 19.2. The number of fused-ring (bicyclic) bond motifs is 1. The Kier molecular flexibility index (Phi) is 6.15. The summed E-state index contributed by atoms with van der Waals surface area (Å²) < 4.78 is 10.8. The lowest BCUT2D eigenvalue weighted by Gasteiger charge is -2.29. The number of H-pyrrole nitrogens is 1. The first-order valence-corrected chi connectivity index (χ1v) is 11.6. The second-order valence-corrected chi connectivity index (χ2v) is 8.71. The number of benzene rings is 2. The molecule has 0 aliphatic carbocycles. The van der Waals surface area contributed by atoms with E-state index in [9.17, 15) is 4.79 Å². The molecular weight excluding hydrogens is 416 g/mol. The van der Waals surface area contributed by atoms with Gasteiger partial charge in [-0.2, -0.15) is 5.10 Å². The molecule has 0 saturated carbocycles. The summed E-state index contributed by atoms with van der Waals surface area (Å²) in [6.45, 7) is 7.19. The highest BCUT2D eigenvalue weighted by atomic mass is 16.5. The van der Waals surface area contributed by atoms with E-state index in [0.717, 1.165) is 67.4 Å². The fourth-order valence-electron chi connectivity index (χ4n) is 4.78. The summed E-state index contributed by atoms with van der Waals surface area (Å²) in [7, 11) is 1.66. The first kappa shape index (κ1) is 21.7. The van der Waals surface area contributed by atoms with E-state index in [1.807, 2.05) is 29.2 Å². The van der Waals surface area contributed by atoms with Gasteiger partial charge >= 0.3 is 0 Å². The number of aromatic amines is 1. The number of hydrogen-bond donors (Lipinski definition) is 1. The maximum absolute atomic E-state index is 13.5. The molecule has 0 spiro atoms. The molecule has 2 aliphatic rings. The van der Waals surface area contributed by atoms with Crippen molar-refractivity contribution in [1.29, 1.82) is 0 Å². The Hall–Kier alpha value is -3.16. The molecule has 33 heavy (non-hydrogen) atoms. The van der Waals surface area contributed by atoms with Crippen LogP contribution in [0.3, 0.4) is 0 Å². The lowest BCUT2D eigenvalue weighted by atomic mass is 9.95. The molecule has 0 radical (unpaired) electrons. The highest BCUT2D eigenvalue weighted by molar-refractivity contribution is 6.00. The quantitative estimate of drug-likeness (QED) is 0.600. The van der Waals surface area contributed by atoms with Gasteiger partial charge in [0.05, 0.1) is 32.1 Å². The van der Waals surface area contributed by atoms with Crippen LogP contribution in [0.2, 0.25) is 0 Å². The minimum atomic E-state index is -0.182. The van der Waals surface area contributed by atoms with Crippen LogP contribution in [0.5, 0.6) is 5.75 Å². The van der Waals surface area contributed by atoms with Crippen LogP contribution in [0.15, 0.2) is 48.5 Å². The predicted molar refractivity (Wildman–Crippen MR) is 127 cm³/mol. The largest absolute Gasteiger partial charge is 0.497 e. The molecule has 1 unspecified atom stereocenters. The van der Waals surface area contributed by atoms with Crippen LogP contribution in [0, 0.1) is 6.92 Å². The van der Waals surface area contributed by atoms with Crippen molar-refractivity contribution in [1.82, 2.24) is 20.0 Å². The van der Waals surface area contributed by atoms with Crippen molar-refractivity contribution < 1.29 is 14.3 Å². The molecule has 1 amide bonds. The van der Waals surface area contributed by atoms with E-state index < -0.39 is 0 Å². The Labute approximate surface area is 194 Å². The molecule has 2 aromatic carbocycles. The number of nitrogens with zero attached hydrogens (tertiary/aromatic N) is 3. The summed E-state index contributed by atoms with van der Waals surface area (Å²) in [6.07, 6.45) is 0.913. The average molecular weight is 447 g/mol. The van der Waals surface area contributed by atoms with Crippen molar-refractivity contribution >= 4 is 5.91 Å². The smallest absolute Gasteiger partial charge is 0.273 e. The first-order chi connectivity index (χ1) is 16.2. The number of aryl methyl sites for hydroxylation is 1. The van der Waals surface area contributed by atoms with Gasteiger partial charge in [0, 0.05) is 37.3 Å². The maximum atomic E-state index is 13.5. The van der Waals surface area contributed by atoms with Crippen molar-refractivity contribution in [3.63, 3.8) is 0 Å². The van der Waals surface area contributed by atoms with Crippen LogP contribution in [0.25, 0.3) is 11.3 Å². The molecule has 7 nitrogen and oxygen atoms in total. The number of rotatable bonds is 7. The number of hydrogen-bond acceptors (Lipinski definition) is 5. The van der Waals surface area contributed by atoms with Gasteiger partial charge in [-0.05, 0) is 31.0 Å². The van der Waals surface area contributed by atoms with Gasteiger partial charge in [-0.1, -0.05) is 42.0 Å². The van der Waals surface area contributed by atoms with Crippen molar-refractivity contribution in [2.45, 2.75) is 19.4 Å². The third-order valence-electron chi connectivity index (χ3n) is 6.60. The van der Waals surface area contributed by atoms with Crippen molar-refractivity contribution in [3.05, 3.63) is 70.9 Å². The number of carbonyl (C=O) groups is 1. The molecule has 7 heteroatoms. The molecule has 1 aromatic heterocycles. The molecule has 5 rings (SSSR count). The van der Waals surface area contributed by atoms with Crippen LogP contribution in [0.1, 0.15) is 39.6 Å². The van der Waals surface area contributed by atoms with Gasteiger partial charge in [-0.15, -0.1) is 0 Å². The lowest BCUT2D eigenvalue weighted by Crippen LogP contribution is -2.38. The minimum absolute atomic E-state index is 0.0126. The highest BCUT2D eigenvalue weighted by Crippen LogP contribution is 2.43. The zero-order chi connectivity index (χ0) is 22.8. The lowest BCUT2D eigenvalue weighted by molar-refractivity contribution is 0.0354. The number of nitrogens with one attached hydrogen (secondary N) is 1. The Morgan fingerprint density at radius 1 is 1.06 bits per heavy atom. The number of morpholine rings is 1. The van der Waals surface area contributed by atoms with E-state index in [0.29, 0.717) is 12.2 Å². The fraction of sp³-hybridized carbons (Fsp3) is 0.385. The summed E-state index contributed by atoms with van der Waals surface area (Å²) in [4.78, 5) is 17.9. The zero-order valence-electron chi connectivity index (χ0n) is 19.2. The molecule has 1 fully saturated rings. The van der Waals surface area contributed by atoms with Crippen molar-refractivity contribution in [2.24, 2.45) is 0 Å². The predicted octanol–water partition coefficient (Wildman–Crippen LogP) is 3.66. The van der Waals surface area contributed by atoms with Crippen LogP contribution < -0.4 is 4.74 Å². The van der Waals surface area contributed by atoms with Gasteiger partial charge in [-0.25, -0.2) is 0 Å². The van der Waals surface area contributed by atoms with Crippen LogP contribution in [0.4, 0.5) is 0 Å². The van der Waals surface area contributed by atoms with Gasteiger partial charge in [0.1, 0.15) is 11.4 Å². The third kappa shape index (κ3) is 4.26. The van der Waals surface area contributed by atoms with E-state index in [4.69, 9.17) is 9.47 Å². The molecule has 1 saturated heterocycles. The molecule has 0 bridgehead atoms. The molecule has 172 valence electrons. The topological polar surface area (TPSA) is 70.7 Å². The molecule has 3 heterocycles. The Balaban J connectivity index is 1.47. The number of carbonyl (C=O) groups excluding carboxylic acids is 1. The molecule has 1 atom stereocenters. The molecular formula is C26H30N4O3. The maximum Gasteiger partial charge on any atom is 0.273 e. The Bertz CT molecular complexity index is 1100.